The number of methoxy groups -OCH3 is 2. The zero-order valence-electron chi connectivity index (χ0n) is 13.6. The Morgan fingerprint density at radius 3 is 2.09 bits per heavy atom. The van der Waals surface area contributed by atoms with Crippen LogP contribution in [0.2, 0.25) is 0 Å². The average molecular weight is 309 g/mol. The van der Waals surface area contributed by atoms with Gasteiger partial charge in [0.1, 0.15) is 5.70 Å². The Morgan fingerprint density at radius 2 is 1.59 bits per heavy atom. The number of nitrogens with zero attached hydrogens (tertiary/aromatic N) is 1. The zero-order chi connectivity index (χ0) is 16.5. The number of hydrogen-bond donors (Lipinski definition) is 0. The molecule has 1 fully saturated rings. The summed E-state index contributed by atoms with van der Waals surface area (Å²) in [6.45, 7) is 3.29. The van der Waals surface area contributed by atoms with Crippen molar-refractivity contribution in [1.82, 2.24) is 4.90 Å². The van der Waals surface area contributed by atoms with E-state index in [1.807, 2.05) is 0 Å². The largest absolute Gasteiger partial charge is 0.466 e. The number of rotatable bonds is 3. The van der Waals surface area contributed by atoms with E-state index in [1.54, 1.807) is 13.8 Å². The molecule has 0 atom stereocenters. The minimum absolute atomic E-state index is 0.0521. The van der Waals surface area contributed by atoms with Crippen LogP contribution in [0.5, 0.6) is 0 Å². The Labute approximate surface area is 130 Å². The number of hydrogen-bond acceptors (Lipinski definition) is 5. The van der Waals surface area contributed by atoms with Crippen molar-refractivity contribution >= 4 is 17.8 Å². The first-order valence-electron chi connectivity index (χ1n) is 7.61. The van der Waals surface area contributed by atoms with Crippen molar-refractivity contribution in [3.05, 3.63) is 11.3 Å². The predicted molar refractivity (Wildman–Crippen MR) is 78.6 cm³/mol. The summed E-state index contributed by atoms with van der Waals surface area (Å²) in [7, 11) is 2.49. The molecular formula is C16H23NO5. The van der Waals surface area contributed by atoms with Crippen molar-refractivity contribution in [1.29, 1.82) is 0 Å². The van der Waals surface area contributed by atoms with Crippen molar-refractivity contribution < 1.29 is 23.9 Å². The fourth-order valence-electron chi connectivity index (χ4n) is 3.36. The standard InChI is InChI=1S/C16H23NO5/c1-16(2)11(13(18)21-3)12(14(19)22-4)17(15(16)20)10-8-6-5-7-9-10/h10H,5-9H2,1-4H3. The highest BCUT2D eigenvalue weighted by Crippen LogP contribution is 2.43. The molecule has 0 aromatic rings. The molecule has 0 unspecified atom stereocenters. The lowest BCUT2D eigenvalue weighted by Crippen LogP contribution is -2.43. The van der Waals surface area contributed by atoms with Crippen molar-refractivity contribution in [2.75, 3.05) is 14.2 Å². The highest BCUT2D eigenvalue weighted by Gasteiger charge is 2.53. The lowest BCUT2D eigenvalue weighted by molar-refractivity contribution is -0.144. The molecule has 1 aliphatic carbocycles. The topological polar surface area (TPSA) is 72.9 Å². The molecular weight excluding hydrogens is 286 g/mol. The summed E-state index contributed by atoms with van der Waals surface area (Å²) in [5.74, 6) is -1.55. The third-order valence-electron chi connectivity index (χ3n) is 4.56. The highest BCUT2D eigenvalue weighted by atomic mass is 16.5. The number of carbonyl (C=O) groups is 3. The van der Waals surface area contributed by atoms with E-state index in [1.165, 1.54) is 19.1 Å². The molecule has 0 saturated heterocycles. The van der Waals surface area contributed by atoms with Crippen molar-refractivity contribution in [3.63, 3.8) is 0 Å². The van der Waals surface area contributed by atoms with E-state index in [4.69, 9.17) is 9.47 Å². The Bertz CT molecular complexity index is 529. The Hall–Kier alpha value is -1.85. The molecule has 22 heavy (non-hydrogen) atoms. The van der Waals surface area contributed by atoms with Gasteiger partial charge < -0.3 is 14.4 Å². The normalized spacial score (nSPS) is 22.0. The fraction of sp³-hybridized carbons (Fsp3) is 0.688. The highest BCUT2D eigenvalue weighted by molar-refractivity contribution is 6.12. The molecule has 6 heteroatoms. The maximum Gasteiger partial charge on any atom is 0.355 e. The lowest BCUT2D eigenvalue weighted by atomic mass is 9.85. The molecule has 0 radical (unpaired) electrons. The second-order valence-corrected chi connectivity index (χ2v) is 6.30. The van der Waals surface area contributed by atoms with Crippen LogP contribution in [0.25, 0.3) is 0 Å². The summed E-state index contributed by atoms with van der Waals surface area (Å²) in [6.07, 6.45) is 4.81. The van der Waals surface area contributed by atoms with E-state index >= 15 is 0 Å². The number of amides is 1. The quantitative estimate of drug-likeness (QED) is 0.743. The van der Waals surface area contributed by atoms with Gasteiger partial charge in [0.15, 0.2) is 0 Å². The molecule has 1 amide bonds. The average Bonchev–Trinajstić information content (AvgIpc) is 2.74. The lowest BCUT2D eigenvalue weighted by Gasteiger charge is -2.33. The molecule has 2 aliphatic rings. The Balaban J connectivity index is 2.55. The first kappa shape index (κ1) is 16.5. The van der Waals surface area contributed by atoms with Crippen molar-refractivity contribution in [2.24, 2.45) is 5.41 Å². The van der Waals surface area contributed by atoms with Gasteiger partial charge in [-0.15, -0.1) is 0 Å². The van der Waals surface area contributed by atoms with Gasteiger partial charge in [-0.05, 0) is 26.7 Å². The molecule has 0 spiro atoms. The van der Waals surface area contributed by atoms with Gasteiger partial charge in [-0.1, -0.05) is 19.3 Å². The van der Waals surface area contributed by atoms with Gasteiger partial charge >= 0.3 is 11.9 Å². The van der Waals surface area contributed by atoms with Crippen LogP contribution in [0, 0.1) is 5.41 Å². The van der Waals surface area contributed by atoms with E-state index in [2.05, 4.69) is 0 Å². The third kappa shape index (κ3) is 2.51. The third-order valence-corrected chi connectivity index (χ3v) is 4.56. The predicted octanol–water partition coefficient (Wildman–Crippen LogP) is 1.79. The first-order chi connectivity index (χ1) is 10.4. The van der Waals surface area contributed by atoms with E-state index in [0.29, 0.717) is 0 Å². The molecule has 0 aromatic heterocycles. The summed E-state index contributed by atoms with van der Waals surface area (Å²) in [5, 5.41) is 0. The smallest absolute Gasteiger partial charge is 0.355 e. The summed E-state index contributed by atoms with van der Waals surface area (Å²) < 4.78 is 9.62. The minimum Gasteiger partial charge on any atom is -0.466 e. The molecule has 0 bridgehead atoms. The van der Waals surface area contributed by atoms with Crippen LogP contribution >= 0.6 is 0 Å². The minimum atomic E-state index is -1.09. The number of ether oxygens (including phenoxy) is 2. The second kappa shape index (κ2) is 6.10. The summed E-state index contributed by atoms with van der Waals surface area (Å²) in [6, 6.07) is -0.0585. The first-order valence-corrected chi connectivity index (χ1v) is 7.61. The zero-order valence-corrected chi connectivity index (χ0v) is 13.6. The summed E-state index contributed by atoms with van der Waals surface area (Å²) >= 11 is 0. The van der Waals surface area contributed by atoms with Gasteiger partial charge in [-0.2, -0.15) is 0 Å². The molecule has 122 valence electrons. The van der Waals surface area contributed by atoms with E-state index < -0.39 is 17.4 Å². The molecule has 1 aliphatic heterocycles. The molecule has 1 heterocycles. The van der Waals surface area contributed by atoms with Crippen LogP contribution in [0.1, 0.15) is 46.0 Å². The van der Waals surface area contributed by atoms with Crippen LogP contribution in [0.3, 0.4) is 0 Å². The van der Waals surface area contributed by atoms with Crippen molar-refractivity contribution in [3.8, 4) is 0 Å². The van der Waals surface area contributed by atoms with E-state index in [-0.39, 0.29) is 23.2 Å². The SMILES string of the molecule is COC(=O)C1=C(C(=O)OC)C(C)(C)C(=O)N1C1CCCCC1. The Morgan fingerprint density at radius 1 is 1.05 bits per heavy atom. The van der Waals surface area contributed by atoms with Gasteiger partial charge in [0.2, 0.25) is 5.91 Å². The van der Waals surface area contributed by atoms with Crippen LogP contribution in [-0.2, 0) is 23.9 Å². The fourth-order valence-corrected chi connectivity index (χ4v) is 3.36. The maximum absolute atomic E-state index is 12.9. The number of carbonyl (C=O) groups excluding carboxylic acids is 3. The van der Waals surface area contributed by atoms with Crippen molar-refractivity contribution in [2.45, 2.75) is 52.0 Å². The molecule has 6 nitrogen and oxygen atoms in total. The second-order valence-electron chi connectivity index (χ2n) is 6.30. The molecule has 0 aromatic carbocycles. The molecule has 0 N–H and O–H groups in total. The van der Waals surface area contributed by atoms with Crippen LogP contribution in [-0.4, -0.2) is 43.0 Å². The molecule has 1 saturated carbocycles. The van der Waals surface area contributed by atoms with Gasteiger partial charge in [-0.3, -0.25) is 4.79 Å². The van der Waals surface area contributed by atoms with Crippen LogP contribution in [0.15, 0.2) is 11.3 Å². The summed E-state index contributed by atoms with van der Waals surface area (Å²) in [4.78, 5) is 38.8. The van der Waals surface area contributed by atoms with E-state index in [0.717, 1.165) is 32.1 Å². The monoisotopic (exact) mass is 309 g/mol. The van der Waals surface area contributed by atoms with Gasteiger partial charge in [0.05, 0.1) is 25.2 Å². The van der Waals surface area contributed by atoms with Crippen LogP contribution < -0.4 is 0 Å². The number of esters is 2. The molecule has 2 rings (SSSR count). The summed E-state index contributed by atoms with van der Waals surface area (Å²) in [5.41, 5.74) is -0.942. The van der Waals surface area contributed by atoms with E-state index in [9.17, 15) is 14.4 Å². The maximum atomic E-state index is 12.9. The van der Waals surface area contributed by atoms with Gasteiger partial charge in [0, 0.05) is 6.04 Å². The van der Waals surface area contributed by atoms with Crippen LogP contribution in [0.4, 0.5) is 0 Å². The Kier molecular flexibility index (Phi) is 4.58. The van der Waals surface area contributed by atoms with Gasteiger partial charge in [-0.25, -0.2) is 9.59 Å². The van der Waals surface area contributed by atoms with Gasteiger partial charge in [0.25, 0.3) is 0 Å².